The van der Waals surface area contributed by atoms with E-state index in [1.54, 1.807) is 0 Å². The largest absolute Gasteiger partial charge is 0.493 e. The Morgan fingerprint density at radius 2 is 0.547 bits per heavy atom. The van der Waals surface area contributed by atoms with Gasteiger partial charge in [-0.15, -0.1) is 0 Å². The Hall–Kier alpha value is -3.42. The molecule has 1 fully saturated rings. The van der Waals surface area contributed by atoms with Gasteiger partial charge in [-0.1, -0.05) is 182 Å². The van der Waals surface area contributed by atoms with Gasteiger partial charge >= 0.3 is 0 Å². The van der Waals surface area contributed by atoms with E-state index < -0.39 is 11.1 Å². The highest BCUT2D eigenvalue weighted by molar-refractivity contribution is 6.04. The zero-order valence-corrected chi connectivity index (χ0v) is 41.2. The van der Waals surface area contributed by atoms with E-state index in [9.17, 15) is 9.59 Å². The molecule has 64 heavy (non-hydrogen) atoms. The van der Waals surface area contributed by atoms with Crippen molar-refractivity contribution in [2.45, 2.75) is 244 Å². The molecule has 2 aliphatic carbocycles. The molecule has 0 unspecified atom stereocenters. The van der Waals surface area contributed by atoms with E-state index in [0.29, 0.717) is 52.1 Å². The lowest BCUT2D eigenvalue weighted by Crippen LogP contribution is -2.75. The minimum Gasteiger partial charge on any atom is -0.493 e. The van der Waals surface area contributed by atoms with Crippen molar-refractivity contribution in [3.63, 3.8) is 0 Å². The van der Waals surface area contributed by atoms with Crippen LogP contribution in [0.2, 0.25) is 0 Å². The number of hydrogen-bond acceptors (Lipinski definition) is 6. The maximum Gasteiger partial charge on any atom is 0.247 e. The summed E-state index contributed by atoms with van der Waals surface area (Å²) in [5, 5.41) is 6.74. The van der Waals surface area contributed by atoms with Crippen LogP contribution in [0.25, 0.3) is 0 Å². The van der Waals surface area contributed by atoms with Crippen LogP contribution in [0.4, 0.5) is 0 Å². The molecule has 3 aliphatic rings. The highest BCUT2D eigenvalue weighted by Gasteiger charge is 2.59. The second kappa shape index (κ2) is 28.6. The average Bonchev–Trinajstić information content (AvgIpc) is 3.89. The standard InChI is InChI=1S/C56H90N2O6/c1-5-9-13-17-21-25-29-37-61-49-33-34-50(62-38-30-26-22-18-14-10-6-2)46-42-55(41-45(46)49)53(59)58-56(54(60)57-55)43-47-48(44-56)52(64-40-32-28-24-20-16-12-8-4)36-35-51(47)63-39-31-27-23-19-15-11-7-3/h33-36H,5-32,37-44H2,1-4H3,(H,57,60)(H,58,59). The van der Waals surface area contributed by atoms with Crippen LogP contribution >= 0.6 is 0 Å². The number of piperazine rings is 1. The van der Waals surface area contributed by atoms with E-state index in [0.717, 1.165) is 96.6 Å². The number of ether oxygens (including phenoxy) is 4. The van der Waals surface area contributed by atoms with Crippen molar-refractivity contribution in [1.82, 2.24) is 10.6 Å². The first-order valence-electron chi connectivity index (χ1n) is 26.9. The molecule has 1 aliphatic heterocycles. The van der Waals surface area contributed by atoms with E-state index in [1.807, 2.05) is 24.3 Å². The van der Waals surface area contributed by atoms with E-state index >= 15 is 0 Å². The quantitative estimate of drug-likeness (QED) is 0.0662. The van der Waals surface area contributed by atoms with Crippen molar-refractivity contribution in [2.75, 3.05) is 26.4 Å². The van der Waals surface area contributed by atoms with Gasteiger partial charge in [-0.25, -0.2) is 0 Å². The lowest BCUT2D eigenvalue weighted by Gasteiger charge is -2.43. The van der Waals surface area contributed by atoms with Gasteiger partial charge in [-0.3, -0.25) is 9.59 Å². The summed E-state index contributed by atoms with van der Waals surface area (Å²) >= 11 is 0. The molecule has 0 saturated carbocycles. The molecule has 2 aromatic rings. The average molecular weight is 887 g/mol. The monoisotopic (exact) mass is 887 g/mol. The molecule has 1 saturated heterocycles. The Labute approximate surface area is 389 Å². The number of benzene rings is 2. The molecule has 5 rings (SSSR count). The van der Waals surface area contributed by atoms with Gasteiger partial charge in [0, 0.05) is 47.9 Å². The maximum absolute atomic E-state index is 14.8. The summed E-state index contributed by atoms with van der Waals surface area (Å²) in [7, 11) is 0. The predicted octanol–water partition coefficient (Wildman–Crippen LogP) is 13.8. The Morgan fingerprint density at radius 1 is 0.344 bits per heavy atom. The third-order valence-electron chi connectivity index (χ3n) is 14.2. The van der Waals surface area contributed by atoms with Crippen molar-refractivity contribution < 1.29 is 28.5 Å². The summed E-state index contributed by atoms with van der Waals surface area (Å²) in [6.45, 7) is 11.6. The third-order valence-corrected chi connectivity index (χ3v) is 14.2. The topological polar surface area (TPSA) is 95.1 Å². The third kappa shape index (κ3) is 15.3. The Balaban J connectivity index is 1.27. The second-order valence-corrected chi connectivity index (χ2v) is 19.7. The fourth-order valence-corrected chi connectivity index (χ4v) is 10.2. The maximum atomic E-state index is 14.8. The molecule has 360 valence electrons. The van der Waals surface area contributed by atoms with Gasteiger partial charge < -0.3 is 29.6 Å². The number of carbonyl (C=O) groups excluding carboxylic acids is 2. The number of rotatable bonds is 36. The molecule has 1 heterocycles. The number of amides is 2. The first-order valence-corrected chi connectivity index (χ1v) is 26.9. The molecule has 2 amide bonds. The van der Waals surface area contributed by atoms with Crippen LogP contribution in [0.15, 0.2) is 24.3 Å². The van der Waals surface area contributed by atoms with E-state index in [4.69, 9.17) is 18.9 Å². The van der Waals surface area contributed by atoms with Crippen LogP contribution in [0.5, 0.6) is 23.0 Å². The number of unbranched alkanes of at least 4 members (excludes halogenated alkanes) is 24. The lowest BCUT2D eigenvalue weighted by atomic mass is 9.83. The van der Waals surface area contributed by atoms with Crippen molar-refractivity contribution in [3.8, 4) is 23.0 Å². The van der Waals surface area contributed by atoms with Crippen LogP contribution in [0.1, 0.15) is 230 Å². The molecule has 2 aromatic carbocycles. The first kappa shape index (κ1) is 51.6. The molecular weight excluding hydrogens is 797 g/mol. The van der Waals surface area contributed by atoms with Gasteiger partial charge in [0.1, 0.15) is 34.1 Å². The van der Waals surface area contributed by atoms with Crippen LogP contribution in [0, 0.1) is 0 Å². The van der Waals surface area contributed by atoms with Crippen molar-refractivity contribution in [1.29, 1.82) is 0 Å². The first-order chi connectivity index (χ1) is 31.4. The highest BCUT2D eigenvalue weighted by Crippen LogP contribution is 2.47. The summed E-state index contributed by atoms with van der Waals surface area (Å²) in [5.74, 6) is 2.96. The van der Waals surface area contributed by atoms with E-state index in [-0.39, 0.29) is 11.8 Å². The van der Waals surface area contributed by atoms with Crippen molar-refractivity contribution >= 4 is 11.8 Å². The zero-order chi connectivity index (χ0) is 45.3. The van der Waals surface area contributed by atoms with E-state index in [1.165, 1.54) is 128 Å². The fourth-order valence-electron chi connectivity index (χ4n) is 10.2. The number of nitrogens with one attached hydrogen (secondary N) is 2. The molecule has 2 N–H and O–H groups in total. The second-order valence-electron chi connectivity index (χ2n) is 19.7. The zero-order valence-electron chi connectivity index (χ0n) is 41.2. The molecule has 0 atom stereocenters. The van der Waals surface area contributed by atoms with Crippen LogP contribution in [0.3, 0.4) is 0 Å². The van der Waals surface area contributed by atoms with E-state index in [2.05, 4.69) is 38.3 Å². The Morgan fingerprint density at radius 3 is 0.766 bits per heavy atom. The summed E-state index contributed by atoms with van der Waals surface area (Å²) in [5.41, 5.74) is 1.74. The minimum atomic E-state index is -1.11. The number of fused-ring (bicyclic) bond motifs is 2. The molecule has 8 nitrogen and oxygen atoms in total. The summed E-state index contributed by atoms with van der Waals surface area (Å²) < 4.78 is 26.0. The smallest absolute Gasteiger partial charge is 0.247 e. The molecular formula is C56H90N2O6. The Bertz CT molecular complexity index is 1450. The van der Waals surface area contributed by atoms with Gasteiger partial charge in [0.05, 0.1) is 26.4 Å². The SMILES string of the molecule is CCCCCCCCCOc1ccc(OCCCCCCCCC)c2c1CC1(C2)NC(=O)C2(Cc3c(OCCCCCCCCC)ccc(OCCCCCCCCC)c3C2)NC1=O. The summed E-state index contributed by atoms with van der Waals surface area (Å²) in [6, 6.07) is 8.11. The Kier molecular flexibility index (Phi) is 23.0. The molecule has 0 bridgehead atoms. The highest BCUT2D eigenvalue weighted by atomic mass is 16.5. The van der Waals surface area contributed by atoms with Gasteiger partial charge in [-0.2, -0.15) is 0 Å². The summed E-state index contributed by atoms with van der Waals surface area (Å²) in [4.78, 5) is 29.5. The lowest BCUT2D eigenvalue weighted by molar-refractivity contribution is -0.145. The fraction of sp³-hybridized carbons (Fsp3) is 0.750. The number of hydrogen-bond donors (Lipinski definition) is 2. The number of carbonyl (C=O) groups is 2. The normalized spacial score (nSPS) is 15.6. The van der Waals surface area contributed by atoms with Crippen LogP contribution in [-0.4, -0.2) is 49.3 Å². The molecule has 0 radical (unpaired) electrons. The molecule has 8 heteroatoms. The van der Waals surface area contributed by atoms with Gasteiger partial charge in [0.2, 0.25) is 11.8 Å². The van der Waals surface area contributed by atoms with Gasteiger partial charge in [0.15, 0.2) is 0 Å². The molecule has 2 spiro atoms. The van der Waals surface area contributed by atoms with Crippen molar-refractivity contribution in [2.24, 2.45) is 0 Å². The van der Waals surface area contributed by atoms with Crippen LogP contribution < -0.4 is 29.6 Å². The van der Waals surface area contributed by atoms with Crippen molar-refractivity contribution in [3.05, 3.63) is 46.5 Å². The van der Waals surface area contributed by atoms with Gasteiger partial charge in [0.25, 0.3) is 0 Å². The molecule has 0 aromatic heterocycles. The predicted molar refractivity (Wildman–Crippen MR) is 263 cm³/mol. The minimum absolute atomic E-state index is 0.136. The summed E-state index contributed by atoms with van der Waals surface area (Å²) in [6.07, 6.45) is 35.6. The van der Waals surface area contributed by atoms with Gasteiger partial charge in [-0.05, 0) is 49.9 Å². The van der Waals surface area contributed by atoms with Crippen LogP contribution in [-0.2, 0) is 35.3 Å².